The number of rotatable bonds is 5. The van der Waals surface area contributed by atoms with Crippen molar-refractivity contribution in [1.29, 1.82) is 0 Å². The summed E-state index contributed by atoms with van der Waals surface area (Å²) in [6, 6.07) is 9.57. The van der Waals surface area contributed by atoms with E-state index in [1.54, 1.807) is 23.2 Å². The predicted octanol–water partition coefficient (Wildman–Crippen LogP) is 4.02. The van der Waals surface area contributed by atoms with E-state index in [0.29, 0.717) is 10.6 Å². The van der Waals surface area contributed by atoms with E-state index in [1.807, 2.05) is 13.8 Å². The third kappa shape index (κ3) is 5.10. The van der Waals surface area contributed by atoms with Crippen molar-refractivity contribution in [2.45, 2.75) is 43.0 Å². The summed E-state index contributed by atoms with van der Waals surface area (Å²) < 4.78 is 5.29. The second-order valence-electron chi connectivity index (χ2n) is 6.74. The van der Waals surface area contributed by atoms with Crippen molar-refractivity contribution in [3.63, 3.8) is 0 Å². The average molecular weight is 385 g/mol. The van der Waals surface area contributed by atoms with Gasteiger partial charge in [-0.3, -0.25) is 4.79 Å². The third-order valence-electron chi connectivity index (χ3n) is 4.58. The Morgan fingerprint density at radius 3 is 2.70 bits per heavy atom. The van der Waals surface area contributed by atoms with E-state index in [2.05, 4.69) is 23.2 Å². The number of pyridine rings is 1. The summed E-state index contributed by atoms with van der Waals surface area (Å²) in [6.07, 6.45) is 4.83. The summed E-state index contributed by atoms with van der Waals surface area (Å²) in [5.41, 5.74) is 2.65. The molecule has 1 saturated heterocycles. The van der Waals surface area contributed by atoms with Crippen molar-refractivity contribution >= 4 is 23.6 Å². The SMILES string of the molecule is Cc1ccc(C)c(Sc2ncccc2C(=O)OCC(=O)N2CCCCC2)c1. The van der Waals surface area contributed by atoms with E-state index in [1.165, 1.54) is 11.8 Å². The smallest absolute Gasteiger partial charge is 0.341 e. The number of aryl methyl sites for hydroxylation is 2. The van der Waals surface area contributed by atoms with Gasteiger partial charge >= 0.3 is 5.97 Å². The maximum atomic E-state index is 12.5. The Morgan fingerprint density at radius 1 is 1.15 bits per heavy atom. The van der Waals surface area contributed by atoms with Crippen LogP contribution in [0.5, 0.6) is 0 Å². The molecule has 142 valence electrons. The first-order chi connectivity index (χ1) is 13.0. The van der Waals surface area contributed by atoms with Crippen molar-refractivity contribution in [3.05, 3.63) is 53.2 Å². The van der Waals surface area contributed by atoms with E-state index in [4.69, 9.17) is 4.74 Å². The zero-order chi connectivity index (χ0) is 19.2. The standard InChI is InChI=1S/C21H24N2O3S/c1-15-8-9-16(2)18(13-15)27-20-17(7-6-10-22-20)21(25)26-14-19(24)23-11-4-3-5-12-23/h6-10,13H,3-5,11-12,14H2,1-2H3. The fourth-order valence-electron chi connectivity index (χ4n) is 2.99. The first-order valence-corrected chi connectivity index (χ1v) is 10.0. The number of hydrogen-bond donors (Lipinski definition) is 0. The Balaban J connectivity index is 1.68. The number of likely N-dealkylation sites (tertiary alicyclic amines) is 1. The van der Waals surface area contributed by atoms with Gasteiger partial charge in [-0.25, -0.2) is 9.78 Å². The first kappa shape index (κ1) is 19.4. The van der Waals surface area contributed by atoms with Gasteiger partial charge in [0.2, 0.25) is 0 Å². The molecule has 1 amide bonds. The maximum absolute atomic E-state index is 12.5. The van der Waals surface area contributed by atoms with Crippen molar-refractivity contribution < 1.29 is 14.3 Å². The Kier molecular flexibility index (Phi) is 6.50. The number of carbonyl (C=O) groups is 2. The lowest BCUT2D eigenvalue weighted by molar-refractivity contribution is -0.135. The summed E-state index contributed by atoms with van der Waals surface area (Å²) in [5, 5.41) is 0.585. The molecule has 0 atom stereocenters. The molecule has 0 radical (unpaired) electrons. The number of nitrogens with zero attached hydrogens (tertiary/aromatic N) is 2. The zero-order valence-corrected chi connectivity index (χ0v) is 16.6. The van der Waals surface area contributed by atoms with Crippen LogP contribution in [0.3, 0.4) is 0 Å². The Hall–Kier alpha value is -2.34. The Morgan fingerprint density at radius 2 is 1.93 bits per heavy atom. The van der Waals surface area contributed by atoms with Gasteiger partial charge in [0.25, 0.3) is 5.91 Å². The molecule has 0 bridgehead atoms. The van der Waals surface area contributed by atoms with Gasteiger partial charge in [0, 0.05) is 24.2 Å². The Labute approximate surface area is 164 Å². The largest absolute Gasteiger partial charge is 0.452 e. The number of aromatic nitrogens is 1. The van der Waals surface area contributed by atoms with Crippen molar-refractivity contribution in [2.75, 3.05) is 19.7 Å². The topological polar surface area (TPSA) is 59.5 Å². The lowest BCUT2D eigenvalue weighted by Gasteiger charge is -2.26. The minimum atomic E-state index is -0.513. The van der Waals surface area contributed by atoms with Gasteiger partial charge in [-0.15, -0.1) is 0 Å². The molecule has 2 heterocycles. The number of esters is 1. The summed E-state index contributed by atoms with van der Waals surface area (Å²) in [5.74, 6) is -0.642. The van der Waals surface area contributed by atoms with Gasteiger partial charge in [-0.05, 0) is 62.4 Å². The van der Waals surface area contributed by atoms with Crippen LogP contribution in [0.15, 0.2) is 46.5 Å². The monoisotopic (exact) mass is 384 g/mol. The molecule has 3 rings (SSSR count). The fraction of sp³-hybridized carbons (Fsp3) is 0.381. The molecule has 1 aliphatic heterocycles. The summed E-state index contributed by atoms with van der Waals surface area (Å²) in [6.45, 7) is 5.33. The van der Waals surface area contributed by atoms with Crippen molar-refractivity contribution in [3.8, 4) is 0 Å². The van der Waals surface area contributed by atoms with E-state index in [9.17, 15) is 9.59 Å². The van der Waals surface area contributed by atoms with E-state index in [0.717, 1.165) is 48.4 Å². The number of amides is 1. The molecule has 0 spiro atoms. The van der Waals surface area contributed by atoms with Gasteiger partial charge < -0.3 is 9.64 Å². The van der Waals surface area contributed by atoms with Gasteiger partial charge in [0.15, 0.2) is 6.61 Å². The number of ether oxygens (including phenoxy) is 1. The van der Waals surface area contributed by atoms with Crippen LogP contribution >= 0.6 is 11.8 Å². The van der Waals surface area contributed by atoms with Gasteiger partial charge in [0.05, 0.1) is 5.56 Å². The quantitative estimate of drug-likeness (QED) is 0.729. The van der Waals surface area contributed by atoms with Crippen LogP contribution in [0.4, 0.5) is 0 Å². The molecule has 27 heavy (non-hydrogen) atoms. The molecule has 0 unspecified atom stereocenters. The number of carbonyl (C=O) groups excluding carboxylic acids is 2. The molecule has 0 saturated carbocycles. The van der Waals surface area contributed by atoms with Crippen LogP contribution in [0.1, 0.15) is 40.7 Å². The molecular weight excluding hydrogens is 360 g/mol. The van der Waals surface area contributed by atoms with Crippen molar-refractivity contribution in [2.24, 2.45) is 0 Å². The van der Waals surface area contributed by atoms with E-state index >= 15 is 0 Å². The first-order valence-electron chi connectivity index (χ1n) is 9.19. The number of hydrogen-bond acceptors (Lipinski definition) is 5. The lowest BCUT2D eigenvalue weighted by Crippen LogP contribution is -2.38. The molecule has 2 aromatic rings. The molecule has 5 nitrogen and oxygen atoms in total. The number of benzene rings is 1. The minimum Gasteiger partial charge on any atom is -0.452 e. The summed E-state index contributed by atoms with van der Waals surface area (Å²) in [7, 11) is 0. The molecule has 0 aliphatic carbocycles. The van der Waals surface area contributed by atoms with Crippen LogP contribution in [0.2, 0.25) is 0 Å². The fourth-order valence-corrected chi connectivity index (χ4v) is 4.05. The maximum Gasteiger partial charge on any atom is 0.341 e. The van der Waals surface area contributed by atoms with E-state index in [-0.39, 0.29) is 12.5 Å². The summed E-state index contributed by atoms with van der Waals surface area (Å²) in [4.78, 5) is 31.9. The van der Waals surface area contributed by atoms with Gasteiger partial charge in [0.1, 0.15) is 5.03 Å². The second kappa shape index (κ2) is 9.04. The lowest BCUT2D eigenvalue weighted by atomic mass is 10.1. The second-order valence-corrected chi connectivity index (χ2v) is 7.78. The van der Waals surface area contributed by atoms with E-state index < -0.39 is 5.97 Å². The molecule has 6 heteroatoms. The van der Waals surface area contributed by atoms with Crippen LogP contribution in [-0.4, -0.2) is 41.5 Å². The Bertz CT molecular complexity index is 832. The average Bonchev–Trinajstić information content (AvgIpc) is 2.69. The molecule has 1 fully saturated rings. The summed E-state index contributed by atoms with van der Waals surface area (Å²) >= 11 is 1.44. The van der Waals surface area contributed by atoms with Crippen molar-refractivity contribution in [1.82, 2.24) is 9.88 Å². The van der Waals surface area contributed by atoms with Crippen LogP contribution in [0.25, 0.3) is 0 Å². The van der Waals surface area contributed by atoms with Crippen LogP contribution in [-0.2, 0) is 9.53 Å². The molecule has 1 aromatic carbocycles. The highest BCUT2D eigenvalue weighted by Gasteiger charge is 2.20. The molecule has 0 N–H and O–H groups in total. The van der Waals surface area contributed by atoms with Gasteiger partial charge in [-0.1, -0.05) is 23.9 Å². The molecular formula is C21H24N2O3S. The highest BCUT2D eigenvalue weighted by Crippen LogP contribution is 2.32. The number of piperidine rings is 1. The van der Waals surface area contributed by atoms with Crippen LogP contribution in [0, 0.1) is 13.8 Å². The normalized spacial score (nSPS) is 14.1. The third-order valence-corrected chi connectivity index (χ3v) is 5.76. The predicted molar refractivity (Wildman–Crippen MR) is 105 cm³/mol. The molecule has 1 aliphatic rings. The van der Waals surface area contributed by atoms with Gasteiger partial charge in [-0.2, -0.15) is 0 Å². The highest BCUT2D eigenvalue weighted by molar-refractivity contribution is 7.99. The zero-order valence-electron chi connectivity index (χ0n) is 15.7. The highest BCUT2D eigenvalue weighted by atomic mass is 32.2. The minimum absolute atomic E-state index is 0.129. The van der Waals surface area contributed by atoms with Crippen LogP contribution < -0.4 is 0 Å². The molecule has 1 aromatic heterocycles.